The van der Waals surface area contributed by atoms with Gasteiger partial charge in [-0.2, -0.15) is 0 Å². The maximum Gasteiger partial charge on any atom is 0.229 e. The zero-order valence-electron chi connectivity index (χ0n) is 16.8. The maximum absolute atomic E-state index is 13.1. The number of guanidine groups is 1. The van der Waals surface area contributed by atoms with Crippen molar-refractivity contribution >= 4 is 47.4 Å². The Labute approximate surface area is 188 Å². The fraction of sp³-hybridized carbons (Fsp3) is 0.550. The molecule has 0 unspecified atom stereocenters. The van der Waals surface area contributed by atoms with Gasteiger partial charge in [0.1, 0.15) is 5.82 Å². The lowest BCUT2D eigenvalue weighted by Crippen LogP contribution is -2.52. The summed E-state index contributed by atoms with van der Waals surface area (Å²) in [5.74, 6) is 0.390. The molecule has 3 rings (SSSR count). The van der Waals surface area contributed by atoms with E-state index in [1.54, 1.807) is 12.1 Å². The summed E-state index contributed by atoms with van der Waals surface area (Å²) >= 11 is 0. The number of imide groups is 1. The summed E-state index contributed by atoms with van der Waals surface area (Å²) < 4.78 is 13.1. The number of aliphatic imine (C=N–C) groups is 1. The molecule has 0 bridgehead atoms. The smallest absolute Gasteiger partial charge is 0.229 e. The number of halogens is 2. The van der Waals surface area contributed by atoms with Crippen molar-refractivity contribution in [2.75, 3.05) is 50.7 Å². The highest BCUT2D eigenvalue weighted by Crippen LogP contribution is 2.17. The molecule has 0 radical (unpaired) electrons. The van der Waals surface area contributed by atoms with Gasteiger partial charge in [-0.25, -0.2) is 4.39 Å². The number of hydrogen-bond donors (Lipinski definition) is 1. The van der Waals surface area contributed by atoms with Crippen molar-refractivity contribution in [2.24, 2.45) is 4.99 Å². The highest BCUT2D eigenvalue weighted by molar-refractivity contribution is 14.0. The predicted octanol–water partition coefficient (Wildman–Crippen LogP) is 2.07. The van der Waals surface area contributed by atoms with Crippen LogP contribution in [0.3, 0.4) is 0 Å². The van der Waals surface area contributed by atoms with E-state index in [-0.39, 0.29) is 41.6 Å². The second-order valence-corrected chi connectivity index (χ2v) is 6.98. The predicted molar refractivity (Wildman–Crippen MR) is 122 cm³/mol. The van der Waals surface area contributed by atoms with Crippen LogP contribution in [0.25, 0.3) is 0 Å². The van der Waals surface area contributed by atoms with E-state index in [9.17, 15) is 14.0 Å². The van der Waals surface area contributed by atoms with Crippen molar-refractivity contribution in [3.8, 4) is 0 Å². The normalized spacial score (nSPS) is 18.0. The molecule has 2 aliphatic rings. The molecule has 29 heavy (non-hydrogen) atoms. The molecule has 9 heteroatoms. The van der Waals surface area contributed by atoms with Crippen molar-refractivity contribution in [3.63, 3.8) is 0 Å². The largest absolute Gasteiger partial charge is 0.368 e. The van der Waals surface area contributed by atoms with E-state index in [2.05, 4.69) is 20.1 Å². The van der Waals surface area contributed by atoms with Gasteiger partial charge >= 0.3 is 0 Å². The van der Waals surface area contributed by atoms with Crippen LogP contribution >= 0.6 is 24.0 Å². The summed E-state index contributed by atoms with van der Waals surface area (Å²) in [4.78, 5) is 34.2. The number of carbonyl (C=O) groups excluding carboxylic acids is 2. The molecular weight excluding hydrogens is 488 g/mol. The number of benzene rings is 1. The molecule has 0 spiro atoms. The molecule has 0 saturated carbocycles. The van der Waals surface area contributed by atoms with Crippen molar-refractivity contribution in [1.29, 1.82) is 0 Å². The average Bonchev–Trinajstić information content (AvgIpc) is 2.70. The number of piperidine rings is 1. The molecule has 160 valence electrons. The molecule has 1 N–H and O–H groups in total. The first kappa shape index (κ1) is 23.4. The molecule has 1 aromatic rings. The van der Waals surface area contributed by atoms with Crippen LogP contribution in [0.1, 0.15) is 26.2 Å². The minimum Gasteiger partial charge on any atom is -0.368 e. The number of likely N-dealkylation sites (tertiary alicyclic amines) is 1. The van der Waals surface area contributed by atoms with E-state index in [4.69, 9.17) is 0 Å². The van der Waals surface area contributed by atoms with Crippen LogP contribution < -0.4 is 10.2 Å². The number of carbonyl (C=O) groups is 2. The molecule has 2 saturated heterocycles. The fourth-order valence-corrected chi connectivity index (χ4v) is 3.56. The summed E-state index contributed by atoms with van der Waals surface area (Å²) in [6.07, 6.45) is 1.54. The van der Waals surface area contributed by atoms with E-state index < -0.39 is 0 Å². The van der Waals surface area contributed by atoms with Gasteiger partial charge in [0.15, 0.2) is 5.96 Å². The summed E-state index contributed by atoms with van der Waals surface area (Å²) in [6, 6.07) is 6.57. The van der Waals surface area contributed by atoms with Crippen LogP contribution in [-0.2, 0) is 9.59 Å². The number of anilines is 1. The minimum absolute atomic E-state index is 0. The number of nitrogens with one attached hydrogen (secondary N) is 1. The number of rotatable bonds is 5. The van der Waals surface area contributed by atoms with Crippen molar-refractivity contribution in [3.05, 3.63) is 30.1 Å². The van der Waals surface area contributed by atoms with E-state index in [1.807, 2.05) is 6.92 Å². The lowest BCUT2D eigenvalue weighted by molar-refractivity contribution is -0.147. The van der Waals surface area contributed by atoms with Crippen LogP contribution in [0.5, 0.6) is 0 Å². The molecule has 0 aliphatic carbocycles. The van der Waals surface area contributed by atoms with Gasteiger partial charge in [-0.3, -0.25) is 19.5 Å². The Morgan fingerprint density at radius 1 is 1.07 bits per heavy atom. The monoisotopic (exact) mass is 517 g/mol. The Morgan fingerprint density at radius 2 is 1.69 bits per heavy atom. The third-order valence-corrected chi connectivity index (χ3v) is 5.07. The molecular formula is C20H29FIN5O2. The van der Waals surface area contributed by atoms with E-state index in [1.165, 1.54) is 17.0 Å². The molecule has 2 heterocycles. The van der Waals surface area contributed by atoms with E-state index in [0.29, 0.717) is 32.4 Å². The maximum atomic E-state index is 13.1. The van der Waals surface area contributed by atoms with Crippen LogP contribution in [0, 0.1) is 5.82 Å². The van der Waals surface area contributed by atoms with Crippen molar-refractivity contribution < 1.29 is 14.0 Å². The molecule has 1 aromatic carbocycles. The molecule has 2 fully saturated rings. The van der Waals surface area contributed by atoms with Gasteiger partial charge in [-0.1, -0.05) is 0 Å². The van der Waals surface area contributed by atoms with Gasteiger partial charge in [-0.05, 0) is 37.6 Å². The third-order valence-electron chi connectivity index (χ3n) is 5.07. The van der Waals surface area contributed by atoms with E-state index in [0.717, 1.165) is 44.4 Å². The molecule has 2 amide bonds. The third kappa shape index (κ3) is 6.28. The van der Waals surface area contributed by atoms with Gasteiger partial charge in [0, 0.05) is 57.8 Å². The quantitative estimate of drug-likeness (QED) is 0.281. The van der Waals surface area contributed by atoms with Crippen LogP contribution in [-0.4, -0.2) is 73.4 Å². The van der Waals surface area contributed by atoms with Gasteiger partial charge < -0.3 is 15.1 Å². The highest BCUT2D eigenvalue weighted by Gasteiger charge is 2.25. The number of amides is 2. The number of hydrogen-bond acceptors (Lipinski definition) is 4. The lowest BCUT2D eigenvalue weighted by atomic mass is 10.1. The highest BCUT2D eigenvalue weighted by atomic mass is 127. The first-order chi connectivity index (χ1) is 13.6. The van der Waals surface area contributed by atoms with Crippen molar-refractivity contribution in [2.45, 2.75) is 26.2 Å². The Kier molecular flexibility index (Phi) is 9.12. The first-order valence-electron chi connectivity index (χ1n) is 9.95. The topological polar surface area (TPSA) is 68.2 Å². The molecule has 2 aliphatic heterocycles. The van der Waals surface area contributed by atoms with Crippen LogP contribution in [0.15, 0.2) is 29.3 Å². The molecule has 0 aromatic heterocycles. The summed E-state index contributed by atoms with van der Waals surface area (Å²) in [5, 5.41) is 3.29. The zero-order chi connectivity index (χ0) is 19.9. The van der Waals surface area contributed by atoms with Gasteiger partial charge in [-0.15, -0.1) is 24.0 Å². The Morgan fingerprint density at radius 3 is 2.28 bits per heavy atom. The first-order valence-corrected chi connectivity index (χ1v) is 9.95. The second-order valence-electron chi connectivity index (χ2n) is 6.98. The summed E-state index contributed by atoms with van der Waals surface area (Å²) in [6.45, 7) is 6.73. The standard InChI is InChI=1S/C20H28FN5O2.HI/c1-2-22-20(23-10-11-26-18(27)4-3-5-19(26)28)25-14-12-24(13-15-25)17-8-6-16(21)7-9-17;/h6-9H,2-5,10-15H2,1H3,(H,22,23);1H. The van der Waals surface area contributed by atoms with Gasteiger partial charge in [0.25, 0.3) is 0 Å². The summed E-state index contributed by atoms with van der Waals surface area (Å²) in [7, 11) is 0. The number of piperazine rings is 1. The Hall–Kier alpha value is -1.91. The van der Waals surface area contributed by atoms with E-state index >= 15 is 0 Å². The van der Waals surface area contributed by atoms with Gasteiger partial charge in [0.2, 0.25) is 11.8 Å². The van der Waals surface area contributed by atoms with Crippen LogP contribution in [0.4, 0.5) is 10.1 Å². The lowest BCUT2D eigenvalue weighted by Gasteiger charge is -2.37. The summed E-state index contributed by atoms with van der Waals surface area (Å²) in [5.41, 5.74) is 1.02. The van der Waals surface area contributed by atoms with Crippen LogP contribution in [0.2, 0.25) is 0 Å². The second kappa shape index (κ2) is 11.3. The van der Waals surface area contributed by atoms with Crippen molar-refractivity contribution in [1.82, 2.24) is 15.1 Å². The fourth-order valence-electron chi connectivity index (χ4n) is 3.56. The Bertz CT molecular complexity index is 704. The zero-order valence-corrected chi connectivity index (χ0v) is 19.1. The SMILES string of the molecule is CCNC(=NCCN1C(=O)CCCC1=O)N1CCN(c2ccc(F)cc2)CC1.I. The van der Waals surface area contributed by atoms with Gasteiger partial charge in [0.05, 0.1) is 6.54 Å². The number of nitrogens with zero attached hydrogens (tertiary/aromatic N) is 4. The molecule has 0 atom stereocenters. The Balaban J connectivity index is 0.00000300. The minimum atomic E-state index is -0.227. The average molecular weight is 517 g/mol. The molecule has 7 nitrogen and oxygen atoms in total.